The first kappa shape index (κ1) is 20.6. The number of hydrogen-bond donors (Lipinski definition) is 3. The van der Waals surface area contributed by atoms with E-state index in [2.05, 4.69) is 43.8 Å². The first-order valence-corrected chi connectivity index (χ1v) is 12.0. The smallest absolute Gasteiger partial charge is 0.258 e. The Labute approximate surface area is 200 Å². The number of pyridine rings is 1. The highest BCUT2D eigenvalue weighted by Crippen LogP contribution is 2.34. The summed E-state index contributed by atoms with van der Waals surface area (Å²) in [7, 11) is 0. The summed E-state index contributed by atoms with van der Waals surface area (Å²) in [4.78, 5) is 26.1. The predicted molar refractivity (Wildman–Crippen MR) is 138 cm³/mol. The number of benzene rings is 2. The second kappa shape index (κ2) is 8.07. The van der Waals surface area contributed by atoms with Crippen LogP contribution in [0.15, 0.2) is 54.3 Å². The minimum absolute atomic E-state index is 0.232. The average molecular weight is 467 g/mol. The number of rotatable bonds is 4. The Bertz CT molecular complexity index is 1590. The molecule has 34 heavy (non-hydrogen) atoms. The molecule has 1 aliphatic carbocycles. The molecule has 6 rings (SSSR count). The minimum atomic E-state index is -0.232. The van der Waals surface area contributed by atoms with Crippen molar-refractivity contribution in [2.75, 3.05) is 16.4 Å². The van der Waals surface area contributed by atoms with Gasteiger partial charge in [-0.05, 0) is 61.1 Å². The summed E-state index contributed by atoms with van der Waals surface area (Å²) in [5, 5.41) is 10.2. The first-order chi connectivity index (χ1) is 16.6. The largest absolute Gasteiger partial charge is 0.382 e. The van der Waals surface area contributed by atoms with Gasteiger partial charge in [-0.15, -0.1) is 11.3 Å². The van der Waals surface area contributed by atoms with E-state index in [4.69, 9.17) is 5.73 Å². The van der Waals surface area contributed by atoms with E-state index in [0.717, 1.165) is 46.4 Å². The minimum Gasteiger partial charge on any atom is -0.382 e. The Kier molecular flexibility index (Phi) is 4.88. The predicted octanol–water partition coefficient (Wildman–Crippen LogP) is 5.61. The second-order valence-electron chi connectivity index (χ2n) is 8.51. The number of carbonyl (C=O) groups excluding carboxylic acids is 1. The van der Waals surface area contributed by atoms with Crippen LogP contribution in [0.4, 0.5) is 23.0 Å². The zero-order chi connectivity index (χ0) is 23.2. The van der Waals surface area contributed by atoms with Gasteiger partial charge in [-0.2, -0.15) is 0 Å². The molecule has 1 amide bonds. The van der Waals surface area contributed by atoms with Crippen LogP contribution in [0.3, 0.4) is 0 Å². The highest BCUT2D eigenvalue weighted by atomic mass is 32.1. The molecule has 2 aromatic carbocycles. The molecule has 0 radical (unpaired) electrons. The number of aryl methyl sites for hydroxylation is 3. The Morgan fingerprint density at radius 3 is 2.82 bits per heavy atom. The van der Waals surface area contributed by atoms with Crippen LogP contribution in [0.5, 0.6) is 0 Å². The molecular formula is C26H22N6OS. The molecule has 0 bridgehead atoms. The number of nitrogen functional groups attached to an aromatic ring is 1. The van der Waals surface area contributed by atoms with E-state index in [9.17, 15) is 4.79 Å². The lowest BCUT2D eigenvalue weighted by Gasteiger charge is -2.15. The summed E-state index contributed by atoms with van der Waals surface area (Å²) >= 11 is 1.37. The number of fused-ring (bicyclic) bond motifs is 3. The normalized spacial score (nSPS) is 12.7. The van der Waals surface area contributed by atoms with Crippen molar-refractivity contribution in [3.63, 3.8) is 0 Å². The summed E-state index contributed by atoms with van der Waals surface area (Å²) in [5.74, 6) is 0.904. The molecule has 3 heterocycles. The van der Waals surface area contributed by atoms with Crippen molar-refractivity contribution in [3.8, 4) is 0 Å². The third-order valence-corrected chi connectivity index (χ3v) is 7.37. The molecule has 0 atom stereocenters. The van der Waals surface area contributed by atoms with Gasteiger partial charge in [0.05, 0.1) is 21.5 Å². The summed E-state index contributed by atoms with van der Waals surface area (Å²) in [6.45, 7) is 1.98. The number of hydrogen-bond acceptors (Lipinski definition) is 7. The quantitative estimate of drug-likeness (QED) is 0.318. The molecule has 0 spiro atoms. The first-order valence-electron chi connectivity index (χ1n) is 11.1. The van der Waals surface area contributed by atoms with Gasteiger partial charge in [-0.25, -0.2) is 15.0 Å². The van der Waals surface area contributed by atoms with Gasteiger partial charge >= 0.3 is 0 Å². The van der Waals surface area contributed by atoms with E-state index in [1.54, 1.807) is 11.6 Å². The van der Waals surface area contributed by atoms with Gasteiger partial charge in [0.25, 0.3) is 5.91 Å². The fourth-order valence-electron chi connectivity index (χ4n) is 4.63. The lowest BCUT2D eigenvalue weighted by molar-refractivity contribution is 0.102. The molecule has 8 heteroatoms. The van der Waals surface area contributed by atoms with Crippen molar-refractivity contribution >= 4 is 61.2 Å². The number of nitrogens with two attached hydrogens (primary N) is 1. The van der Waals surface area contributed by atoms with Crippen molar-refractivity contribution in [2.24, 2.45) is 0 Å². The van der Waals surface area contributed by atoms with Crippen molar-refractivity contribution in [1.82, 2.24) is 15.0 Å². The molecule has 4 N–H and O–H groups in total. The molecular weight excluding hydrogens is 444 g/mol. The number of thiophene rings is 1. The highest BCUT2D eigenvalue weighted by Gasteiger charge is 2.18. The van der Waals surface area contributed by atoms with Crippen LogP contribution >= 0.6 is 11.3 Å². The van der Waals surface area contributed by atoms with Gasteiger partial charge in [-0.1, -0.05) is 18.2 Å². The fraction of sp³-hybridized carbons (Fsp3) is 0.154. The number of anilines is 4. The molecule has 0 unspecified atom stereocenters. The zero-order valence-corrected chi connectivity index (χ0v) is 19.4. The summed E-state index contributed by atoms with van der Waals surface area (Å²) in [5.41, 5.74) is 12.6. The molecule has 0 fully saturated rings. The topological polar surface area (TPSA) is 106 Å². The Hall–Kier alpha value is -4.04. The Morgan fingerprint density at radius 2 is 1.91 bits per heavy atom. The van der Waals surface area contributed by atoms with E-state index in [-0.39, 0.29) is 5.91 Å². The highest BCUT2D eigenvalue weighted by molar-refractivity contribution is 7.18. The molecule has 3 aromatic heterocycles. The van der Waals surface area contributed by atoms with E-state index in [1.807, 2.05) is 25.1 Å². The van der Waals surface area contributed by atoms with Gasteiger partial charge < -0.3 is 16.4 Å². The fourth-order valence-corrected chi connectivity index (χ4v) is 5.53. The number of nitrogens with zero attached hydrogens (tertiary/aromatic N) is 3. The summed E-state index contributed by atoms with van der Waals surface area (Å²) in [6, 6.07) is 12.5. The second-order valence-corrected chi connectivity index (χ2v) is 9.39. The van der Waals surface area contributed by atoms with Gasteiger partial charge in [0.2, 0.25) is 0 Å². The van der Waals surface area contributed by atoms with Crippen LogP contribution in [-0.2, 0) is 12.8 Å². The molecule has 7 nitrogen and oxygen atoms in total. The number of nitrogens with one attached hydrogen (secondary N) is 2. The maximum absolute atomic E-state index is 13.2. The number of amides is 1. The van der Waals surface area contributed by atoms with Gasteiger partial charge in [0, 0.05) is 28.0 Å². The van der Waals surface area contributed by atoms with E-state index < -0.39 is 0 Å². The van der Waals surface area contributed by atoms with E-state index >= 15 is 0 Å². The summed E-state index contributed by atoms with van der Waals surface area (Å²) < 4.78 is 0.715. The maximum atomic E-state index is 13.2. The SMILES string of the molecule is Cc1ccc2c(Nc3ccc4c(c3)CCC4)nccc2c1NC(=O)c1csc2c(N)ncnc12. The van der Waals surface area contributed by atoms with Gasteiger partial charge in [-0.3, -0.25) is 4.79 Å². The Balaban J connectivity index is 1.37. The van der Waals surface area contributed by atoms with Crippen LogP contribution in [-0.4, -0.2) is 20.9 Å². The lowest BCUT2D eigenvalue weighted by atomic mass is 10.0. The van der Waals surface area contributed by atoms with Crippen molar-refractivity contribution in [1.29, 1.82) is 0 Å². The third kappa shape index (κ3) is 3.43. The number of aromatic nitrogens is 3. The number of carbonyl (C=O) groups is 1. The van der Waals surface area contributed by atoms with Crippen LogP contribution in [0, 0.1) is 6.92 Å². The van der Waals surface area contributed by atoms with Crippen LogP contribution in [0.25, 0.3) is 21.0 Å². The molecule has 0 aliphatic heterocycles. The van der Waals surface area contributed by atoms with Crippen molar-refractivity contribution in [2.45, 2.75) is 26.2 Å². The third-order valence-electron chi connectivity index (χ3n) is 6.38. The molecule has 0 saturated heterocycles. The van der Waals surface area contributed by atoms with Crippen LogP contribution in [0.2, 0.25) is 0 Å². The molecule has 0 saturated carbocycles. The van der Waals surface area contributed by atoms with Crippen LogP contribution in [0.1, 0.15) is 33.5 Å². The maximum Gasteiger partial charge on any atom is 0.258 e. The van der Waals surface area contributed by atoms with Gasteiger partial charge in [0.15, 0.2) is 0 Å². The van der Waals surface area contributed by atoms with Gasteiger partial charge in [0.1, 0.15) is 18.0 Å². The Morgan fingerprint density at radius 1 is 1.03 bits per heavy atom. The molecule has 168 valence electrons. The van der Waals surface area contributed by atoms with Crippen molar-refractivity contribution < 1.29 is 4.79 Å². The summed E-state index contributed by atoms with van der Waals surface area (Å²) in [6.07, 6.45) is 6.64. The van der Waals surface area contributed by atoms with Crippen LogP contribution < -0.4 is 16.4 Å². The standard InChI is InChI=1S/C26H22N6OS/c1-14-5-8-19-18(9-10-28-25(19)31-17-7-6-15-3-2-4-16(15)11-17)21(14)32-26(33)20-12-34-23-22(20)29-13-30-24(23)27/h5-13H,2-4H2,1H3,(H,28,31)(H,32,33)(H2,27,29,30). The molecule has 1 aliphatic rings. The zero-order valence-electron chi connectivity index (χ0n) is 18.6. The van der Waals surface area contributed by atoms with E-state index in [0.29, 0.717) is 21.6 Å². The molecule has 5 aromatic rings. The van der Waals surface area contributed by atoms with Crippen molar-refractivity contribution in [3.05, 3.63) is 76.6 Å². The monoisotopic (exact) mass is 466 g/mol. The lowest BCUT2D eigenvalue weighted by Crippen LogP contribution is -2.13. The average Bonchev–Trinajstić information content (AvgIpc) is 3.48. The van der Waals surface area contributed by atoms with E-state index in [1.165, 1.54) is 35.2 Å².